The summed E-state index contributed by atoms with van der Waals surface area (Å²) in [7, 11) is 0. The number of hydrogen-bond donors (Lipinski definition) is 3. The smallest absolute Gasteiger partial charge is 0.476 e. The number of ether oxygens (including phenoxy) is 2. The maximum Gasteiger partial charge on any atom is 0.510 e. The van der Waals surface area contributed by atoms with Gasteiger partial charge in [-0.1, -0.05) is 73.5 Å². The Kier molecular flexibility index (Phi) is 12.7. The number of aromatic nitrogens is 2. The van der Waals surface area contributed by atoms with E-state index in [2.05, 4.69) is 14.9 Å². The van der Waals surface area contributed by atoms with Gasteiger partial charge in [-0.05, 0) is 36.0 Å². The van der Waals surface area contributed by atoms with Crippen LogP contribution < -0.4 is 11.6 Å². The number of nitrogens with two attached hydrogens (primary N) is 2. The van der Waals surface area contributed by atoms with E-state index in [0.29, 0.717) is 30.7 Å². The molecular formula is C28H34ClN7O8. The van der Waals surface area contributed by atoms with Crippen LogP contribution in [0.1, 0.15) is 60.0 Å². The predicted octanol–water partition coefficient (Wildman–Crippen LogP) is 4.19. The number of halogens is 1. The monoisotopic (exact) mass is 631 g/mol. The topological polar surface area (TPSA) is 211 Å². The molecule has 5 N–H and O–H groups in total. The standard InChI is InChI=1S/C28H34ClN7O8/c1-2-3-10-23-32-25(29)24(27(37)38)34(23)17-19-11-13-20(14-12-19)21-8-4-5-9-22(21)26(30)33-35(31)18-43-28(39)42-15-6-7-16-44-36(40)41/h4-5,8-9,11-14H,2-3,6-7,10,15-18,31H2,1H3,(H2,30,33)(H,37,38). The Balaban J connectivity index is 1.64. The third-order valence-electron chi connectivity index (χ3n) is 6.28. The Morgan fingerprint density at radius 3 is 2.50 bits per heavy atom. The number of rotatable bonds is 17. The molecule has 236 valence electrons. The summed E-state index contributed by atoms with van der Waals surface area (Å²) in [6, 6.07) is 14.8. The van der Waals surface area contributed by atoms with Crippen molar-refractivity contribution in [3.8, 4) is 11.1 Å². The second kappa shape index (κ2) is 16.7. The number of carboxylic acid groups (broad SMARTS) is 1. The van der Waals surface area contributed by atoms with Crippen molar-refractivity contribution in [2.24, 2.45) is 16.7 Å². The van der Waals surface area contributed by atoms with E-state index in [9.17, 15) is 24.8 Å². The molecule has 15 nitrogen and oxygen atoms in total. The van der Waals surface area contributed by atoms with E-state index >= 15 is 0 Å². The lowest BCUT2D eigenvalue weighted by Gasteiger charge is -2.15. The van der Waals surface area contributed by atoms with Crippen molar-refractivity contribution in [2.75, 3.05) is 19.9 Å². The molecule has 0 amide bonds. The second-order valence-electron chi connectivity index (χ2n) is 9.47. The number of hydrazine groups is 1. The van der Waals surface area contributed by atoms with Crippen LogP contribution in [-0.4, -0.2) is 62.8 Å². The van der Waals surface area contributed by atoms with Crippen LogP contribution in [-0.2, 0) is 27.3 Å². The number of benzene rings is 2. The van der Waals surface area contributed by atoms with Gasteiger partial charge in [0.2, 0.25) is 0 Å². The molecule has 3 rings (SSSR count). The van der Waals surface area contributed by atoms with Gasteiger partial charge in [-0.3, -0.25) is 0 Å². The zero-order valence-electron chi connectivity index (χ0n) is 24.1. The third-order valence-corrected chi connectivity index (χ3v) is 6.54. The van der Waals surface area contributed by atoms with E-state index < -0.39 is 23.9 Å². The normalized spacial score (nSPS) is 11.2. The van der Waals surface area contributed by atoms with Crippen molar-refractivity contribution in [2.45, 2.75) is 45.6 Å². The summed E-state index contributed by atoms with van der Waals surface area (Å²) in [5.41, 5.74) is 9.21. The average Bonchev–Trinajstić information content (AvgIpc) is 3.31. The molecule has 0 aliphatic heterocycles. The van der Waals surface area contributed by atoms with E-state index in [0.717, 1.165) is 34.6 Å². The molecule has 16 heteroatoms. The zero-order valence-corrected chi connectivity index (χ0v) is 24.8. The second-order valence-corrected chi connectivity index (χ2v) is 9.82. The van der Waals surface area contributed by atoms with Crippen LogP contribution >= 0.6 is 11.6 Å². The summed E-state index contributed by atoms with van der Waals surface area (Å²) in [5, 5.41) is 23.8. The number of aromatic carboxylic acids is 1. The Labute approximate surface area is 258 Å². The van der Waals surface area contributed by atoms with Gasteiger partial charge in [0.1, 0.15) is 5.82 Å². The lowest BCUT2D eigenvalue weighted by Crippen LogP contribution is -2.33. The molecule has 0 spiro atoms. The van der Waals surface area contributed by atoms with Crippen molar-refractivity contribution >= 4 is 29.6 Å². The Morgan fingerprint density at radius 2 is 1.82 bits per heavy atom. The molecule has 0 unspecified atom stereocenters. The van der Waals surface area contributed by atoms with Crippen LogP contribution in [0.25, 0.3) is 11.1 Å². The van der Waals surface area contributed by atoms with Crippen LogP contribution in [0.4, 0.5) is 4.79 Å². The van der Waals surface area contributed by atoms with Gasteiger partial charge in [0.15, 0.2) is 23.4 Å². The largest absolute Gasteiger partial charge is 0.510 e. The number of carboxylic acids is 1. The number of unbranched alkanes of at least 4 members (excludes halogenated alkanes) is 2. The number of amidine groups is 1. The quantitative estimate of drug-likeness (QED) is 0.0280. The number of aryl methyl sites for hydroxylation is 1. The minimum atomic E-state index is -1.14. The first-order valence-corrected chi connectivity index (χ1v) is 14.1. The fraction of sp³-hybridized carbons (Fsp3) is 0.357. The number of imidazole rings is 1. The van der Waals surface area contributed by atoms with Crippen LogP contribution in [0.3, 0.4) is 0 Å². The van der Waals surface area contributed by atoms with Crippen molar-refractivity contribution in [3.05, 3.63) is 86.4 Å². The number of hydrogen-bond acceptors (Lipinski definition) is 11. The van der Waals surface area contributed by atoms with Crippen molar-refractivity contribution < 1.29 is 34.1 Å². The number of hydrazone groups is 1. The first kappa shape index (κ1) is 33.6. The van der Waals surface area contributed by atoms with E-state index in [4.69, 9.17) is 32.7 Å². The molecule has 1 heterocycles. The molecule has 0 aliphatic carbocycles. The molecule has 0 bridgehead atoms. The number of carbonyl (C=O) groups excluding carboxylic acids is 1. The molecule has 44 heavy (non-hydrogen) atoms. The highest BCUT2D eigenvalue weighted by Crippen LogP contribution is 2.26. The summed E-state index contributed by atoms with van der Waals surface area (Å²) < 4.78 is 11.4. The first-order chi connectivity index (χ1) is 21.1. The highest BCUT2D eigenvalue weighted by atomic mass is 35.5. The molecule has 0 radical (unpaired) electrons. The summed E-state index contributed by atoms with van der Waals surface area (Å²) >= 11 is 6.16. The Hall–Kier alpha value is -4.89. The molecule has 3 aromatic rings. The molecule has 2 aromatic carbocycles. The number of carbonyl (C=O) groups is 2. The van der Waals surface area contributed by atoms with Crippen molar-refractivity contribution in [3.63, 3.8) is 0 Å². The van der Waals surface area contributed by atoms with Gasteiger partial charge < -0.3 is 29.7 Å². The van der Waals surface area contributed by atoms with Crippen LogP contribution in [0, 0.1) is 10.1 Å². The van der Waals surface area contributed by atoms with Gasteiger partial charge in [-0.2, -0.15) is 5.12 Å². The lowest BCUT2D eigenvalue weighted by molar-refractivity contribution is -0.757. The van der Waals surface area contributed by atoms with Gasteiger partial charge in [-0.15, -0.1) is 15.2 Å². The Morgan fingerprint density at radius 1 is 1.11 bits per heavy atom. The van der Waals surface area contributed by atoms with Gasteiger partial charge in [-0.25, -0.2) is 20.4 Å². The highest BCUT2D eigenvalue weighted by molar-refractivity contribution is 6.32. The average molecular weight is 632 g/mol. The van der Waals surface area contributed by atoms with E-state index in [1.165, 1.54) is 0 Å². The molecule has 0 saturated heterocycles. The minimum Gasteiger partial charge on any atom is -0.476 e. The fourth-order valence-corrected chi connectivity index (χ4v) is 4.46. The van der Waals surface area contributed by atoms with Gasteiger partial charge in [0.25, 0.3) is 5.09 Å². The highest BCUT2D eigenvalue weighted by Gasteiger charge is 2.21. The first-order valence-electron chi connectivity index (χ1n) is 13.7. The van der Waals surface area contributed by atoms with Gasteiger partial charge >= 0.3 is 12.1 Å². The minimum absolute atomic E-state index is 0.0150. The maximum absolute atomic E-state index is 11.9. The predicted molar refractivity (Wildman–Crippen MR) is 160 cm³/mol. The number of nitrogens with zero attached hydrogens (tertiary/aromatic N) is 5. The van der Waals surface area contributed by atoms with Gasteiger partial charge in [0, 0.05) is 18.5 Å². The van der Waals surface area contributed by atoms with Crippen LogP contribution in [0.15, 0.2) is 53.6 Å². The van der Waals surface area contributed by atoms with Crippen LogP contribution in [0.2, 0.25) is 5.15 Å². The zero-order chi connectivity index (χ0) is 32.1. The maximum atomic E-state index is 11.9. The van der Waals surface area contributed by atoms with E-state index in [1.807, 2.05) is 43.3 Å². The molecular weight excluding hydrogens is 598 g/mol. The van der Waals surface area contributed by atoms with Crippen molar-refractivity contribution in [1.29, 1.82) is 0 Å². The van der Waals surface area contributed by atoms with Gasteiger partial charge in [0.05, 0.1) is 13.2 Å². The summed E-state index contributed by atoms with van der Waals surface area (Å²) in [5.74, 6) is 5.38. The molecule has 0 atom stereocenters. The fourth-order valence-electron chi connectivity index (χ4n) is 4.18. The Bertz CT molecular complexity index is 1460. The molecule has 0 saturated carbocycles. The van der Waals surface area contributed by atoms with Crippen LogP contribution in [0.5, 0.6) is 0 Å². The molecule has 0 fully saturated rings. The van der Waals surface area contributed by atoms with E-state index in [1.54, 1.807) is 16.7 Å². The summed E-state index contributed by atoms with van der Waals surface area (Å²) in [4.78, 5) is 42.2. The van der Waals surface area contributed by atoms with E-state index in [-0.39, 0.29) is 36.4 Å². The molecule has 0 aliphatic rings. The SMILES string of the molecule is CCCCc1nc(Cl)c(C(=O)O)n1Cc1ccc(-c2ccccc2/C(N)=N/N(N)COC(=O)OCCCCO[N+](=O)[O-])cc1. The third kappa shape index (κ3) is 9.84. The summed E-state index contributed by atoms with van der Waals surface area (Å²) in [6.45, 7) is 1.77. The summed E-state index contributed by atoms with van der Waals surface area (Å²) in [6.07, 6.45) is 2.08. The van der Waals surface area contributed by atoms with Crippen molar-refractivity contribution in [1.82, 2.24) is 14.7 Å². The lowest BCUT2D eigenvalue weighted by atomic mass is 9.98. The molecule has 1 aromatic heterocycles.